The maximum atomic E-state index is 14.8. The zero-order valence-corrected chi connectivity index (χ0v) is 75.6. The molecule has 12 amide bonds. The number of likely N-dealkylation sites (N-methyl/N-ethyl adjacent to an activating group) is 2. The van der Waals surface area contributed by atoms with E-state index in [-0.39, 0.29) is 128 Å². The van der Waals surface area contributed by atoms with Crippen molar-refractivity contribution in [2.24, 2.45) is 5.73 Å². The van der Waals surface area contributed by atoms with Crippen LogP contribution < -0.4 is 53.6 Å². The van der Waals surface area contributed by atoms with Crippen molar-refractivity contribution >= 4 is 116 Å². The largest absolute Gasteiger partial charge is 0.481 e. The molecule has 722 valence electrons. The average Bonchev–Trinajstić information content (AvgIpc) is 1.58. The molecule has 0 fully saturated rings. The molecule has 4 aromatic rings. The number of carboxylic acid groups (broad SMARTS) is 4. The van der Waals surface area contributed by atoms with Crippen LogP contribution in [0, 0.1) is 0 Å². The Morgan fingerprint density at radius 3 is 1.43 bits per heavy atom. The zero-order valence-electron chi connectivity index (χ0n) is 74.8. The number of carboxylic acids is 4. The fraction of sp³-hybridized carbons (Fsp3) is 0.596. The summed E-state index contributed by atoms with van der Waals surface area (Å²) in [6.45, 7) is 1.78. The number of nitrogens with one attached hydrogen (secondary N) is 10. The van der Waals surface area contributed by atoms with Crippen molar-refractivity contribution in [3.8, 4) is 0 Å². The lowest BCUT2D eigenvalue weighted by Gasteiger charge is -2.35. The van der Waals surface area contributed by atoms with Crippen molar-refractivity contribution in [3.63, 3.8) is 0 Å². The van der Waals surface area contributed by atoms with E-state index < -0.39 is 185 Å². The van der Waals surface area contributed by atoms with Gasteiger partial charge in [0.05, 0.1) is 59.0 Å². The number of rotatable bonds is 72. The number of aromatic nitrogens is 1. The highest BCUT2D eigenvalue weighted by Crippen LogP contribution is 2.22. The molecule has 0 aliphatic rings. The Hall–Kier alpha value is -11.5. The van der Waals surface area contributed by atoms with Crippen molar-refractivity contribution in [1.82, 2.24) is 62.6 Å². The fourth-order valence-electron chi connectivity index (χ4n) is 14.0. The third-order valence-electron chi connectivity index (χ3n) is 21.2. The van der Waals surface area contributed by atoms with Crippen molar-refractivity contribution in [1.29, 1.82) is 0 Å². The van der Waals surface area contributed by atoms with E-state index in [1.807, 2.05) is 6.92 Å². The third-order valence-corrected chi connectivity index (χ3v) is 21.9. The number of nitrogens with zero attached hydrogens (tertiary/aromatic N) is 2. The first kappa shape index (κ1) is 111. The summed E-state index contributed by atoms with van der Waals surface area (Å²) in [5.41, 5.74) is 8.02. The minimum atomic E-state index is -4.49. The Bertz CT molecular complexity index is 4370. The number of H-pyrrole nitrogens is 1. The number of aromatic amines is 1. The normalized spacial score (nSPS) is 13.1. The average molecular weight is 1850 g/mol. The van der Waals surface area contributed by atoms with Gasteiger partial charge in [-0.2, -0.15) is 8.42 Å². The van der Waals surface area contributed by atoms with Crippen LogP contribution in [0.1, 0.15) is 203 Å². The van der Waals surface area contributed by atoms with E-state index in [2.05, 4.69) is 52.8 Å². The Labute approximate surface area is 757 Å². The monoisotopic (exact) mass is 1850 g/mol. The SMILES string of the molecule is CCCC[C@H](NC(=O)[C@H](Cc1ccc(CS(=O)(=O)O)cc1)NC(=O)[C@H](CC(=O)O)NC(=O)COCCOCCNC(=O)COCCOCCNC(=O)CC[C@H](NC(=O)CCCCCCCCCCCCCCCCC(=O)O)C(=O)O)C(=O)NCC(=O)N[C@@H](Cc1c[nH]c2ccccc12)C(=O)N[C@@H](CCCC)C(=O)N(C)[C@@H](CC(=O)O)C(=O)N(C)[C@@H](Cc1ccccc1)C(N)=O. The van der Waals surface area contributed by atoms with Crippen LogP contribution in [-0.2, 0) is 131 Å². The van der Waals surface area contributed by atoms with E-state index in [1.54, 1.807) is 67.7 Å². The highest BCUT2D eigenvalue weighted by Gasteiger charge is 2.40. The Morgan fingerprint density at radius 2 is 0.877 bits per heavy atom. The molecule has 0 aliphatic heterocycles. The molecule has 0 spiro atoms. The predicted molar refractivity (Wildman–Crippen MR) is 476 cm³/mol. The number of para-hydroxylation sites is 1. The number of amides is 12. The number of carbonyl (C=O) groups excluding carboxylic acids is 12. The van der Waals surface area contributed by atoms with Crippen molar-refractivity contribution < 1.29 is 129 Å². The second-order valence-corrected chi connectivity index (χ2v) is 33.3. The van der Waals surface area contributed by atoms with Crippen LogP contribution in [0.25, 0.3) is 10.9 Å². The number of nitrogens with two attached hydrogens (primary N) is 1. The number of hydrogen-bond donors (Lipinski definition) is 16. The summed E-state index contributed by atoms with van der Waals surface area (Å²) >= 11 is 0. The first-order valence-electron chi connectivity index (χ1n) is 44.3. The first-order chi connectivity index (χ1) is 62.1. The number of fused-ring (bicyclic) bond motifs is 1. The molecule has 3 aromatic carbocycles. The van der Waals surface area contributed by atoms with Gasteiger partial charge >= 0.3 is 23.9 Å². The van der Waals surface area contributed by atoms with Gasteiger partial charge in [-0.05, 0) is 60.4 Å². The number of carbonyl (C=O) groups is 16. The summed E-state index contributed by atoms with van der Waals surface area (Å²) in [5.74, 6) is -15.8. The Kier molecular flexibility index (Phi) is 53.4. The molecule has 8 atom stereocenters. The third kappa shape index (κ3) is 46.6. The van der Waals surface area contributed by atoms with Gasteiger partial charge in [-0.3, -0.25) is 76.5 Å². The van der Waals surface area contributed by atoms with Crippen LogP contribution in [0.15, 0.2) is 85.1 Å². The number of hydrogen-bond acceptors (Lipinski definition) is 22. The molecule has 1 aromatic heterocycles. The molecule has 17 N–H and O–H groups in total. The molecule has 40 nitrogen and oxygen atoms in total. The molecule has 0 saturated heterocycles. The molecule has 0 unspecified atom stereocenters. The highest BCUT2D eigenvalue weighted by molar-refractivity contribution is 7.85. The second-order valence-electron chi connectivity index (χ2n) is 31.8. The summed E-state index contributed by atoms with van der Waals surface area (Å²) in [6, 6.07) is 8.95. The van der Waals surface area contributed by atoms with Gasteiger partial charge in [0.1, 0.15) is 67.3 Å². The van der Waals surface area contributed by atoms with E-state index in [9.17, 15) is 105 Å². The molecule has 4 rings (SSSR count). The topological polar surface area (TPSA) is 602 Å². The van der Waals surface area contributed by atoms with Gasteiger partial charge in [0.2, 0.25) is 70.9 Å². The Morgan fingerprint density at radius 1 is 0.408 bits per heavy atom. The number of unbranched alkanes of at least 4 members (excludes halogenated alkanes) is 15. The molecule has 41 heteroatoms. The van der Waals surface area contributed by atoms with Crippen LogP contribution >= 0.6 is 0 Å². The lowest BCUT2D eigenvalue weighted by Crippen LogP contribution is -2.59. The maximum Gasteiger partial charge on any atom is 0.326 e. The van der Waals surface area contributed by atoms with Crippen LogP contribution in [-0.4, -0.2) is 278 Å². The summed E-state index contributed by atoms with van der Waals surface area (Å²) in [5, 5.41) is 61.9. The van der Waals surface area contributed by atoms with E-state index in [4.69, 9.17) is 29.8 Å². The van der Waals surface area contributed by atoms with Crippen LogP contribution in [0.5, 0.6) is 0 Å². The van der Waals surface area contributed by atoms with E-state index in [0.717, 1.165) is 67.6 Å². The standard InChI is InChI=1S/C89H133N13O27S/c1-5-7-31-66(83(115)94-56-76(105)96-70(52-63-55-93-65-33-27-26-30-64(63)65)85(117)99-67(32-8-6-2)87(119)102(4)73(54-81(112)113)88(120)101(3)72(82(90)114)51-60-28-22-21-23-29-60)98-84(116)69(50-61-36-38-62(39-37-61)59-130(123,124)125)100-86(118)71(53-80(110)111)97-78(107)58-129-49-47-127-45-43-92-77(106)57-128-48-46-126-44-42-91-74(103)41-40-68(89(121)122)95-75(104)34-24-19-17-15-13-11-9-10-12-14-16-18-20-25-35-79(108)109/h21-23,26-30,33,36-39,55,66-73,93H,5-20,24-25,31-32,34-35,40-54,56-59H2,1-4H3,(H2,90,114)(H,91,103)(H,92,106)(H,94,115)(H,95,104)(H,96,105)(H,97,107)(H,98,116)(H,99,117)(H,100,118)(H,108,109)(H,110,111)(H,112,113)(H,121,122)(H,123,124,125)/t66-,67-,68-,69-,70-,71-,72-,73-/m0/s1. The molecule has 1 heterocycles. The van der Waals surface area contributed by atoms with Crippen molar-refractivity contribution in [2.75, 3.05) is 86.6 Å². The van der Waals surface area contributed by atoms with E-state index in [0.29, 0.717) is 54.1 Å². The molecule has 0 saturated carbocycles. The van der Waals surface area contributed by atoms with Gasteiger partial charge in [-0.25, -0.2) is 4.79 Å². The lowest BCUT2D eigenvalue weighted by atomic mass is 10.0. The number of primary amides is 1. The second kappa shape index (κ2) is 62.7. The lowest BCUT2D eigenvalue weighted by molar-refractivity contribution is -0.152. The van der Waals surface area contributed by atoms with E-state index in [1.165, 1.54) is 64.0 Å². The minimum Gasteiger partial charge on any atom is -0.481 e. The maximum absolute atomic E-state index is 14.8. The summed E-state index contributed by atoms with van der Waals surface area (Å²) in [7, 11) is -2.05. The van der Waals surface area contributed by atoms with Crippen LogP contribution in [0.2, 0.25) is 0 Å². The van der Waals surface area contributed by atoms with Crippen molar-refractivity contribution in [2.45, 2.75) is 254 Å². The van der Waals surface area contributed by atoms with Gasteiger partial charge in [-0.15, -0.1) is 0 Å². The quantitative estimate of drug-likeness (QED) is 0.0222. The van der Waals surface area contributed by atoms with Gasteiger partial charge in [0.25, 0.3) is 10.1 Å². The first-order valence-corrected chi connectivity index (χ1v) is 45.9. The summed E-state index contributed by atoms with van der Waals surface area (Å²) < 4.78 is 54.5. The summed E-state index contributed by atoms with van der Waals surface area (Å²) in [6.07, 6.45) is 15.2. The van der Waals surface area contributed by atoms with Gasteiger partial charge in [-0.1, -0.05) is 189 Å². The van der Waals surface area contributed by atoms with Gasteiger partial charge in [0.15, 0.2) is 0 Å². The fourth-order valence-corrected chi connectivity index (χ4v) is 14.6. The molecule has 130 heavy (non-hydrogen) atoms. The predicted octanol–water partition coefficient (Wildman–Crippen LogP) is 3.57. The molecule has 0 bridgehead atoms. The van der Waals surface area contributed by atoms with Crippen molar-refractivity contribution in [3.05, 3.63) is 107 Å². The van der Waals surface area contributed by atoms with E-state index >= 15 is 0 Å². The molecular weight excluding hydrogens is 1720 g/mol. The van der Waals surface area contributed by atoms with Gasteiger partial charge < -0.3 is 108 Å². The van der Waals surface area contributed by atoms with Crippen LogP contribution in [0.3, 0.4) is 0 Å². The minimum absolute atomic E-state index is 0.00301. The Balaban J connectivity index is 1.27. The summed E-state index contributed by atoms with van der Waals surface area (Å²) in [4.78, 5) is 216. The highest BCUT2D eigenvalue weighted by atomic mass is 32.2. The smallest absolute Gasteiger partial charge is 0.326 e. The molecule has 0 aliphatic carbocycles. The number of aliphatic carboxylic acids is 4. The molecular formula is C89H133N13O27S. The van der Waals surface area contributed by atoms with Gasteiger partial charge in [0, 0.05) is 82.8 Å². The van der Waals surface area contributed by atoms with Crippen LogP contribution in [0.4, 0.5) is 0 Å². The zero-order chi connectivity index (χ0) is 95.8. The molecule has 0 radical (unpaired) electrons. The number of ether oxygens (including phenoxy) is 4. The number of benzene rings is 3.